The molecular weight excluding hydrogens is 406 g/mol. The number of carbonyl (C=O) groups is 5. The molecule has 4 amide bonds. The molecule has 2 aliphatic heterocycles. The zero-order valence-electron chi connectivity index (χ0n) is 18.3. The van der Waals surface area contributed by atoms with Crippen LogP contribution in [0.4, 0.5) is 0 Å². The Morgan fingerprint density at radius 1 is 0.968 bits per heavy atom. The molecule has 5 N–H and O–H groups in total. The van der Waals surface area contributed by atoms with Crippen LogP contribution in [0, 0.1) is 5.92 Å². The van der Waals surface area contributed by atoms with Crippen molar-refractivity contribution in [2.75, 3.05) is 19.6 Å². The van der Waals surface area contributed by atoms with Gasteiger partial charge >= 0.3 is 5.97 Å². The number of nitrogens with two attached hydrogens (primary N) is 1. The molecule has 2 rings (SSSR count). The lowest BCUT2D eigenvalue weighted by Crippen LogP contribution is -2.58. The van der Waals surface area contributed by atoms with Crippen LogP contribution in [0.2, 0.25) is 0 Å². The van der Waals surface area contributed by atoms with Crippen LogP contribution in [-0.2, 0) is 24.0 Å². The fourth-order valence-electron chi connectivity index (χ4n) is 4.08. The number of amides is 4. The van der Waals surface area contributed by atoms with Gasteiger partial charge in [-0.05, 0) is 38.5 Å². The molecule has 11 heteroatoms. The van der Waals surface area contributed by atoms with Gasteiger partial charge in [0, 0.05) is 13.1 Å². The van der Waals surface area contributed by atoms with E-state index >= 15 is 0 Å². The highest BCUT2D eigenvalue weighted by molar-refractivity contribution is 5.95. The molecule has 0 aromatic carbocycles. The third-order valence-corrected chi connectivity index (χ3v) is 5.85. The van der Waals surface area contributed by atoms with Gasteiger partial charge in [-0.1, -0.05) is 13.8 Å². The van der Waals surface area contributed by atoms with Gasteiger partial charge in [0.2, 0.25) is 23.6 Å². The van der Waals surface area contributed by atoms with E-state index in [0.717, 1.165) is 0 Å². The zero-order chi connectivity index (χ0) is 23.3. The number of hydrogen-bond donors (Lipinski definition) is 4. The van der Waals surface area contributed by atoms with E-state index in [-0.39, 0.29) is 24.3 Å². The van der Waals surface area contributed by atoms with Gasteiger partial charge in [-0.25, -0.2) is 0 Å². The molecule has 2 heterocycles. The Morgan fingerprint density at radius 2 is 1.55 bits per heavy atom. The minimum absolute atomic E-state index is 0.173. The molecule has 174 valence electrons. The average molecular weight is 440 g/mol. The number of hydrogen-bond acceptors (Lipinski definition) is 6. The molecule has 0 unspecified atom stereocenters. The van der Waals surface area contributed by atoms with Crippen LogP contribution in [0.3, 0.4) is 0 Å². The molecule has 0 spiro atoms. The van der Waals surface area contributed by atoms with Crippen molar-refractivity contribution in [2.24, 2.45) is 11.7 Å². The Morgan fingerprint density at radius 3 is 2.10 bits per heavy atom. The lowest BCUT2D eigenvalue weighted by molar-refractivity contribution is -0.146. The maximum Gasteiger partial charge on any atom is 0.325 e. The molecule has 0 aromatic rings. The first-order chi connectivity index (χ1) is 14.6. The molecule has 2 aliphatic rings. The summed E-state index contributed by atoms with van der Waals surface area (Å²) in [5.74, 6) is -3.09. The van der Waals surface area contributed by atoms with E-state index in [1.807, 2.05) is 0 Å². The molecule has 0 aromatic heterocycles. The average Bonchev–Trinajstić information content (AvgIpc) is 3.39. The number of likely N-dealkylation sites (tertiary alicyclic amines) is 2. The van der Waals surface area contributed by atoms with Gasteiger partial charge in [0.1, 0.15) is 24.2 Å². The number of nitrogens with zero attached hydrogens (tertiary/aromatic N) is 2. The molecule has 11 nitrogen and oxygen atoms in total. The van der Waals surface area contributed by atoms with Crippen molar-refractivity contribution in [3.63, 3.8) is 0 Å². The summed E-state index contributed by atoms with van der Waals surface area (Å²) in [5, 5.41) is 14.1. The third-order valence-electron chi connectivity index (χ3n) is 5.85. The number of nitrogens with one attached hydrogen (secondary N) is 2. The predicted molar refractivity (Wildman–Crippen MR) is 111 cm³/mol. The number of carboxylic acids is 1. The van der Waals surface area contributed by atoms with Crippen LogP contribution in [0.25, 0.3) is 0 Å². The van der Waals surface area contributed by atoms with Crippen LogP contribution in [0.5, 0.6) is 0 Å². The minimum atomic E-state index is -1.18. The summed E-state index contributed by atoms with van der Waals surface area (Å²) in [6.07, 6.45) is 2.31. The first-order valence-corrected chi connectivity index (χ1v) is 10.7. The number of carboxylic acid groups (broad SMARTS) is 1. The van der Waals surface area contributed by atoms with Crippen molar-refractivity contribution in [1.29, 1.82) is 0 Å². The van der Waals surface area contributed by atoms with Crippen LogP contribution >= 0.6 is 0 Å². The number of aliphatic carboxylic acids is 1. The van der Waals surface area contributed by atoms with Gasteiger partial charge in [0.25, 0.3) is 0 Å². The first kappa shape index (κ1) is 24.6. The maximum atomic E-state index is 13.1. The lowest BCUT2D eigenvalue weighted by atomic mass is 10.0. The lowest BCUT2D eigenvalue weighted by Gasteiger charge is -2.32. The van der Waals surface area contributed by atoms with E-state index in [1.54, 1.807) is 13.8 Å². The maximum absolute atomic E-state index is 13.1. The number of carbonyl (C=O) groups excluding carboxylic acids is 4. The van der Waals surface area contributed by atoms with Crippen molar-refractivity contribution in [2.45, 2.75) is 70.6 Å². The second-order valence-corrected chi connectivity index (χ2v) is 8.44. The third kappa shape index (κ3) is 5.72. The molecule has 0 aliphatic carbocycles. The summed E-state index contributed by atoms with van der Waals surface area (Å²) >= 11 is 0. The summed E-state index contributed by atoms with van der Waals surface area (Å²) in [4.78, 5) is 64.7. The molecule has 0 bridgehead atoms. The molecule has 0 radical (unpaired) electrons. The summed E-state index contributed by atoms with van der Waals surface area (Å²) in [6.45, 7) is 5.51. The summed E-state index contributed by atoms with van der Waals surface area (Å²) in [7, 11) is 0. The second kappa shape index (κ2) is 10.6. The van der Waals surface area contributed by atoms with Crippen molar-refractivity contribution in [3.05, 3.63) is 0 Å². The van der Waals surface area contributed by atoms with E-state index in [4.69, 9.17) is 10.8 Å². The van der Waals surface area contributed by atoms with E-state index in [2.05, 4.69) is 10.6 Å². The molecule has 4 atom stereocenters. The summed E-state index contributed by atoms with van der Waals surface area (Å²) in [5.41, 5.74) is 5.45. The Hall–Kier alpha value is -2.69. The minimum Gasteiger partial charge on any atom is -0.480 e. The van der Waals surface area contributed by atoms with Crippen molar-refractivity contribution >= 4 is 29.6 Å². The highest BCUT2D eigenvalue weighted by atomic mass is 16.4. The van der Waals surface area contributed by atoms with Crippen LogP contribution < -0.4 is 16.4 Å². The smallest absolute Gasteiger partial charge is 0.325 e. The van der Waals surface area contributed by atoms with Crippen LogP contribution in [0.15, 0.2) is 0 Å². The molecule has 0 saturated carbocycles. The SMILES string of the molecule is CC(C)[C@H](NC(=O)[C@@H]1CCCN1C(=O)[C@@H]1CCCN1C(=O)CN)C(=O)N[C@@H](C)C(=O)O. The molecular formula is C20H33N5O6. The Bertz CT molecular complexity index is 727. The standard InChI is InChI=1S/C20H33N5O6/c1-11(2)16(18(28)22-12(3)20(30)31)23-17(27)13-6-4-9-25(13)19(29)14-7-5-8-24(14)15(26)10-21/h11-14,16H,4-10,21H2,1-3H3,(H,22,28)(H,23,27)(H,30,31)/t12-,13-,14-,16-/m0/s1. The van der Waals surface area contributed by atoms with E-state index < -0.39 is 42.0 Å². The van der Waals surface area contributed by atoms with E-state index in [1.165, 1.54) is 16.7 Å². The van der Waals surface area contributed by atoms with Gasteiger partial charge in [0.05, 0.1) is 6.54 Å². The van der Waals surface area contributed by atoms with Gasteiger partial charge in [0.15, 0.2) is 0 Å². The Balaban J connectivity index is 2.08. The topological polar surface area (TPSA) is 162 Å². The van der Waals surface area contributed by atoms with Gasteiger partial charge in [-0.2, -0.15) is 0 Å². The quantitative estimate of drug-likeness (QED) is 0.364. The van der Waals surface area contributed by atoms with E-state index in [9.17, 15) is 24.0 Å². The monoisotopic (exact) mass is 439 g/mol. The van der Waals surface area contributed by atoms with Crippen LogP contribution in [0.1, 0.15) is 46.5 Å². The zero-order valence-corrected chi connectivity index (χ0v) is 18.3. The normalized spacial score (nSPS) is 22.9. The summed E-state index contributed by atoms with van der Waals surface area (Å²) < 4.78 is 0. The van der Waals surface area contributed by atoms with Crippen molar-refractivity contribution in [3.8, 4) is 0 Å². The second-order valence-electron chi connectivity index (χ2n) is 8.44. The fraction of sp³-hybridized carbons (Fsp3) is 0.750. The molecule has 2 saturated heterocycles. The largest absolute Gasteiger partial charge is 0.480 e. The first-order valence-electron chi connectivity index (χ1n) is 10.7. The summed E-state index contributed by atoms with van der Waals surface area (Å²) in [6, 6.07) is -3.39. The Kier molecular flexibility index (Phi) is 8.37. The highest BCUT2D eigenvalue weighted by Crippen LogP contribution is 2.25. The number of rotatable bonds is 8. The van der Waals surface area contributed by atoms with Gasteiger partial charge in [-0.15, -0.1) is 0 Å². The highest BCUT2D eigenvalue weighted by Gasteiger charge is 2.42. The van der Waals surface area contributed by atoms with Gasteiger partial charge < -0.3 is 31.3 Å². The van der Waals surface area contributed by atoms with Crippen molar-refractivity contribution < 1.29 is 29.1 Å². The fourth-order valence-corrected chi connectivity index (χ4v) is 4.08. The molecule has 31 heavy (non-hydrogen) atoms. The molecule has 2 fully saturated rings. The van der Waals surface area contributed by atoms with E-state index in [0.29, 0.717) is 38.8 Å². The Labute approximate surface area is 181 Å². The predicted octanol–water partition coefficient (Wildman–Crippen LogP) is -1.34. The van der Waals surface area contributed by atoms with Gasteiger partial charge in [-0.3, -0.25) is 24.0 Å². The van der Waals surface area contributed by atoms with Crippen LogP contribution in [-0.4, -0.2) is 88.3 Å². The van der Waals surface area contributed by atoms with Crippen molar-refractivity contribution in [1.82, 2.24) is 20.4 Å².